The fourth-order valence-electron chi connectivity index (χ4n) is 2.05. The molecule has 9 heteroatoms. The molecule has 26 heavy (non-hydrogen) atoms. The van der Waals surface area contributed by atoms with Crippen LogP contribution < -0.4 is 0 Å². The Morgan fingerprint density at radius 1 is 1.15 bits per heavy atom. The first-order chi connectivity index (χ1) is 12.3. The van der Waals surface area contributed by atoms with E-state index in [9.17, 15) is 19.7 Å². The molecule has 0 unspecified atom stereocenters. The van der Waals surface area contributed by atoms with Gasteiger partial charge in [-0.05, 0) is 23.8 Å². The number of carbonyl (C=O) groups excluding carboxylic acids is 2. The van der Waals surface area contributed by atoms with Gasteiger partial charge in [0.25, 0.3) is 11.6 Å². The van der Waals surface area contributed by atoms with E-state index in [1.165, 1.54) is 17.0 Å². The van der Waals surface area contributed by atoms with E-state index in [2.05, 4.69) is 0 Å². The molecule has 2 aromatic rings. The summed E-state index contributed by atoms with van der Waals surface area (Å²) in [7, 11) is 1.56. The Kier molecular flexibility index (Phi) is 6.54. The highest BCUT2D eigenvalue weighted by Crippen LogP contribution is 2.22. The monoisotopic (exact) mass is 396 g/mol. The van der Waals surface area contributed by atoms with Gasteiger partial charge in [0.2, 0.25) is 0 Å². The number of ether oxygens (including phenoxy) is 1. The van der Waals surface area contributed by atoms with E-state index in [0.29, 0.717) is 11.6 Å². The average molecular weight is 397 g/mol. The van der Waals surface area contributed by atoms with Gasteiger partial charge in [0.1, 0.15) is 0 Å². The van der Waals surface area contributed by atoms with Gasteiger partial charge in [-0.2, -0.15) is 0 Å². The van der Waals surface area contributed by atoms with Crippen molar-refractivity contribution >= 4 is 40.8 Å². The van der Waals surface area contributed by atoms with Crippen LogP contribution in [0.2, 0.25) is 10.0 Å². The van der Waals surface area contributed by atoms with E-state index in [4.69, 9.17) is 27.9 Å². The lowest BCUT2D eigenvalue weighted by Gasteiger charge is -2.17. The molecule has 0 heterocycles. The second-order valence-corrected chi connectivity index (χ2v) is 6.22. The van der Waals surface area contributed by atoms with E-state index in [1.54, 1.807) is 31.3 Å². The standard InChI is InChI=1S/C17H14Cl2N2O5/c1-20(9-11-2-4-12(18)5-3-11)16(22)10-26-17(23)14-8-13(21(24)25)6-7-15(14)19/h2-8H,9-10H2,1H3. The average Bonchev–Trinajstić information content (AvgIpc) is 2.61. The quantitative estimate of drug-likeness (QED) is 0.421. The number of nitrogens with zero attached hydrogens (tertiary/aromatic N) is 2. The number of nitro groups is 1. The number of non-ortho nitro benzene ring substituents is 1. The molecule has 7 nitrogen and oxygen atoms in total. The Morgan fingerprint density at radius 3 is 2.42 bits per heavy atom. The van der Waals surface area contributed by atoms with Gasteiger partial charge in [0.15, 0.2) is 6.61 Å². The normalized spacial score (nSPS) is 10.3. The summed E-state index contributed by atoms with van der Waals surface area (Å²) in [5.74, 6) is -1.35. The lowest BCUT2D eigenvalue weighted by atomic mass is 10.2. The molecule has 0 saturated carbocycles. The maximum atomic E-state index is 12.1. The second kappa shape index (κ2) is 8.64. The van der Waals surface area contributed by atoms with E-state index < -0.39 is 23.4 Å². The van der Waals surface area contributed by atoms with Crippen LogP contribution in [-0.4, -0.2) is 35.4 Å². The molecular weight excluding hydrogens is 383 g/mol. The summed E-state index contributed by atoms with van der Waals surface area (Å²) < 4.78 is 4.93. The van der Waals surface area contributed by atoms with Crippen molar-refractivity contribution in [1.29, 1.82) is 0 Å². The summed E-state index contributed by atoms with van der Waals surface area (Å²) in [5.41, 5.74) is 0.389. The summed E-state index contributed by atoms with van der Waals surface area (Å²) in [5, 5.41) is 11.4. The number of benzene rings is 2. The maximum Gasteiger partial charge on any atom is 0.340 e. The predicted molar refractivity (Wildman–Crippen MR) is 96.3 cm³/mol. The third-order valence-corrected chi connectivity index (χ3v) is 4.05. The lowest BCUT2D eigenvalue weighted by molar-refractivity contribution is -0.384. The number of hydrogen-bond acceptors (Lipinski definition) is 5. The number of amides is 1. The van der Waals surface area contributed by atoms with Crippen molar-refractivity contribution in [2.75, 3.05) is 13.7 Å². The largest absolute Gasteiger partial charge is 0.452 e. The van der Waals surface area contributed by atoms with Gasteiger partial charge < -0.3 is 9.64 Å². The van der Waals surface area contributed by atoms with Crippen LogP contribution in [0.1, 0.15) is 15.9 Å². The molecular formula is C17H14Cl2N2O5. The Balaban J connectivity index is 1.96. The Hall–Kier alpha value is -2.64. The molecule has 0 fully saturated rings. The summed E-state index contributed by atoms with van der Waals surface area (Å²) >= 11 is 11.7. The highest BCUT2D eigenvalue weighted by Gasteiger charge is 2.19. The molecule has 0 bridgehead atoms. The SMILES string of the molecule is CN(Cc1ccc(Cl)cc1)C(=O)COC(=O)c1cc([N+](=O)[O-])ccc1Cl. The fourth-order valence-corrected chi connectivity index (χ4v) is 2.37. The van der Waals surface area contributed by atoms with Crippen LogP contribution in [-0.2, 0) is 16.1 Å². The Bertz CT molecular complexity index is 840. The molecule has 0 aliphatic rings. The third kappa shape index (κ3) is 5.18. The van der Waals surface area contributed by atoms with E-state index in [1.807, 2.05) is 0 Å². The van der Waals surface area contributed by atoms with Crippen LogP contribution in [0.3, 0.4) is 0 Å². The second-order valence-electron chi connectivity index (χ2n) is 5.37. The van der Waals surface area contributed by atoms with Gasteiger partial charge in [-0.3, -0.25) is 14.9 Å². The molecule has 0 saturated heterocycles. The smallest absolute Gasteiger partial charge is 0.340 e. The number of halogens is 2. The minimum Gasteiger partial charge on any atom is -0.452 e. The first-order valence-corrected chi connectivity index (χ1v) is 8.13. The van der Waals surface area contributed by atoms with Crippen LogP contribution in [0.15, 0.2) is 42.5 Å². The third-order valence-electron chi connectivity index (χ3n) is 3.47. The zero-order valence-electron chi connectivity index (χ0n) is 13.6. The van der Waals surface area contributed by atoms with Crippen molar-refractivity contribution in [3.8, 4) is 0 Å². The predicted octanol–water partition coefficient (Wildman–Crippen LogP) is 3.72. The van der Waals surface area contributed by atoms with Crippen molar-refractivity contribution in [3.05, 3.63) is 73.8 Å². The molecule has 0 radical (unpaired) electrons. The molecule has 0 N–H and O–H groups in total. The number of nitro benzene ring substituents is 1. The van der Waals surface area contributed by atoms with Crippen LogP contribution in [0.5, 0.6) is 0 Å². The van der Waals surface area contributed by atoms with Crippen molar-refractivity contribution in [1.82, 2.24) is 4.90 Å². The molecule has 2 aromatic carbocycles. The highest BCUT2D eigenvalue weighted by atomic mass is 35.5. The zero-order chi connectivity index (χ0) is 19.3. The van der Waals surface area contributed by atoms with Crippen molar-refractivity contribution in [3.63, 3.8) is 0 Å². The molecule has 0 atom stereocenters. The topological polar surface area (TPSA) is 89.8 Å². The molecule has 2 rings (SSSR count). The lowest BCUT2D eigenvalue weighted by Crippen LogP contribution is -2.30. The van der Waals surface area contributed by atoms with Gasteiger partial charge in [-0.25, -0.2) is 4.79 Å². The van der Waals surface area contributed by atoms with Gasteiger partial charge in [-0.15, -0.1) is 0 Å². The minimum atomic E-state index is -0.910. The van der Waals surface area contributed by atoms with E-state index >= 15 is 0 Å². The number of carbonyl (C=O) groups is 2. The van der Waals surface area contributed by atoms with Crippen LogP contribution in [0.25, 0.3) is 0 Å². The van der Waals surface area contributed by atoms with Crippen LogP contribution in [0.4, 0.5) is 5.69 Å². The van der Waals surface area contributed by atoms with Crippen LogP contribution >= 0.6 is 23.2 Å². The van der Waals surface area contributed by atoms with Crippen molar-refractivity contribution < 1.29 is 19.2 Å². The summed E-state index contributed by atoms with van der Waals surface area (Å²) in [6, 6.07) is 10.4. The molecule has 0 aliphatic heterocycles. The number of likely N-dealkylation sites (N-methyl/N-ethyl adjacent to an activating group) is 1. The molecule has 0 spiro atoms. The van der Waals surface area contributed by atoms with Gasteiger partial charge >= 0.3 is 5.97 Å². The molecule has 0 aromatic heterocycles. The number of hydrogen-bond donors (Lipinski definition) is 0. The Morgan fingerprint density at radius 2 is 1.81 bits per heavy atom. The van der Waals surface area contributed by atoms with Gasteiger partial charge in [-0.1, -0.05) is 35.3 Å². The number of esters is 1. The first kappa shape index (κ1) is 19.7. The van der Waals surface area contributed by atoms with Gasteiger partial charge in [0.05, 0.1) is 15.5 Å². The summed E-state index contributed by atoms with van der Waals surface area (Å²) in [6.07, 6.45) is 0. The van der Waals surface area contributed by atoms with Crippen LogP contribution in [0, 0.1) is 10.1 Å². The maximum absolute atomic E-state index is 12.1. The zero-order valence-corrected chi connectivity index (χ0v) is 15.2. The first-order valence-electron chi connectivity index (χ1n) is 7.37. The highest BCUT2D eigenvalue weighted by molar-refractivity contribution is 6.33. The molecule has 0 aliphatic carbocycles. The molecule has 1 amide bonds. The van der Waals surface area contributed by atoms with Gasteiger partial charge in [0, 0.05) is 30.7 Å². The Labute approximate surface area is 159 Å². The fraction of sp³-hybridized carbons (Fsp3) is 0.176. The van der Waals surface area contributed by atoms with Crippen molar-refractivity contribution in [2.45, 2.75) is 6.54 Å². The summed E-state index contributed by atoms with van der Waals surface area (Å²) in [4.78, 5) is 35.6. The summed E-state index contributed by atoms with van der Waals surface area (Å²) in [6.45, 7) is -0.201. The van der Waals surface area contributed by atoms with Crippen molar-refractivity contribution in [2.24, 2.45) is 0 Å². The van der Waals surface area contributed by atoms with E-state index in [0.717, 1.165) is 11.6 Å². The minimum absolute atomic E-state index is 0.00238. The molecule has 136 valence electrons. The number of rotatable bonds is 6. The van der Waals surface area contributed by atoms with E-state index in [-0.39, 0.29) is 16.3 Å².